The molecule has 0 radical (unpaired) electrons. The summed E-state index contributed by atoms with van der Waals surface area (Å²) in [5, 5.41) is 16.3. The number of amides is 2. The summed E-state index contributed by atoms with van der Waals surface area (Å²) in [6.45, 7) is 7.01. The number of aryl methyl sites for hydroxylation is 1. The van der Waals surface area contributed by atoms with E-state index in [2.05, 4.69) is 57.8 Å². The maximum absolute atomic E-state index is 12.4. The number of hydrogen-bond acceptors (Lipinski definition) is 4. The molecule has 8 nitrogen and oxygen atoms in total. The van der Waals surface area contributed by atoms with Crippen molar-refractivity contribution in [2.45, 2.75) is 27.3 Å². The summed E-state index contributed by atoms with van der Waals surface area (Å²) in [6, 6.07) is 0. The topological polar surface area (TPSA) is 105 Å². The van der Waals surface area contributed by atoms with Gasteiger partial charge in [0.1, 0.15) is 4.60 Å². The Kier molecular flexibility index (Phi) is 6.16. The van der Waals surface area contributed by atoms with Gasteiger partial charge in [-0.05, 0) is 44.7 Å². The molecule has 0 aliphatic heterocycles. The van der Waals surface area contributed by atoms with E-state index in [1.165, 1.54) is 0 Å². The molecule has 2 rings (SSSR count). The van der Waals surface area contributed by atoms with Crippen molar-refractivity contribution in [1.82, 2.24) is 25.3 Å². The molecule has 2 amide bonds. The standard InChI is InChI=1S/C14H18Br2N6O2/c1-4-22-6-8(10(21-22)13(23)17-5-7(2)3)18-14(24)11-9(15)12(16)20-19-11/h6-7H,4-5H2,1-3H3,(H,17,23)(H,18,24)(H,19,20). The highest BCUT2D eigenvalue weighted by molar-refractivity contribution is 9.13. The van der Waals surface area contributed by atoms with Crippen LogP contribution in [0, 0.1) is 5.92 Å². The quantitative estimate of drug-likeness (QED) is 0.615. The minimum Gasteiger partial charge on any atom is -0.350 e. The molecule has 0 aromatic carbocycles. The van der Waals surface area contributed by atoms with Crippen LogP contribution in [0.25, 0.3) is 0 Å². The second-order valence-corrected chi connectivity index (χ2v) is 7.09. The zero-order valence-electron chi connectivity index (χ0n) is 13.5. The smallest absolute Gasteiger partial charge is 0.277 e. The largest absolute Gasteiger partial charge is 0.350 e. The summed E-state index contributed by atoms with van der Waals surface area (Å²) >= 11 is 6.50. The van der Waals surface area contributed by atoms with E-state index in [-0.39, 0.29) is 17.3 Å². The van der Waals surface area contributed by atoms with E-state index >= 15 is 0 Å². The third-order valence-electron chi connectivity index (χ3n) is 3.10. The molecule has 0 spiro atoms. The van der Waals surface area contributed by atoms with Crippen molar-refractivity contribution < 1.29 is 9.59 Å². The second kappa shape index (κ2) is 7.93. The van der Waals surface area contributed by atoms with Gasteiger partial charge in [0.05, 0.1) is 10.2 Å². The minimum absolute atomic E-state index is 0.177. The van der Waals surface area contributed by atoms with Gasteiger partial charge < -0.3 is 10.6 Å². The van der Waals surface area contributed by atoms with Crippen molar-refractivity contribution in [1.29, 1.82) is 0 Å². The van der Waals surface area contributed by atoms with Gasteiger partial charge in [-0.3, -0.25) is 19.4 Å². The van der Waals surface area contributed by atoms with E-state index in [0.29, 0.717) is 33.8 Å². The maximum atomic E-state index is 12.4. The molecule has 10 heteroatoms. The number of nitrogens with one attached hydrogen (secondary N) is 3. The average Bonchev–Trinajstić information content (AvgIpc) is 3.09. The number of aromatic nitrogens is 4. The molecule has 0 bridgehead atoms. The Morgan fingerprint density at radius 2 is 2.00 bits per heavy atom. The summed E-state index contributed by atoms with van der Waals surface area (Å²) in [6.07, 6.45) is 1.62. The van der Waals surface area contributed by atoms with Crippen LogP contribution in [0.5, 0.6) is 0 Å². The molecule has 0 atom stereocenters. The Morgan fingerprint density at radius 3 is 2.54 bits per heavy atom. The molecular weight excluding hydrogens is 444 g/mol. The van der Waals surface area contributed by atoms with E-state index in [1.807, 2.05) is 20.8 Å². The number of H-pyrrole nitrogens is 1. The Morgan fingerprint density at radius 1 is 1.29 bits per heavy atom. The molecule has 0 saturated heterocycles. The van der Waals surface area contributed by atoms with Gasteiger partial charge in [-0.25, -0.2) is 0 Å². The van der Waals surface area contributed by atoms with Gasteiger partial charge in [-0.2, -0.15) is 10.2 Å². The number of halogens is 2. The number of carbonyl (C=O) groups is 2. The van der Waals surface area contributed by atoms with Crippen LogP contribution in [0.4, 0.5) is 5.69 Å². The highest BCUT2D eigenvalue weighted by Crippen LogP contribution is 2.25. The van der Waals surface area contributed by atoms with Crippen LogP contribution in [0.3, 0.4) is 0 Å². The summed E-state index contributed by atoms with van der Waals surface area (Å²) < 4.78 is 2.66. The van der Waals surface area contributed by atoms with Crippen LogP contribution >= 0.6 is 31.9 Å². The minimum atomic E-state index is -0.447. The SMILES string of the molecule is CCn1cc(NC(=O)c2n[nH]c(Br)c2Br)c(C(=O)NCC(C)C)n1. The summed E-state index contributed by atoms with van der Waals surface area (Å²) in [5.74, 6) is -0.455. The zero-order chi connectivity index (χ0) is 17.9. The van der Waals surface area contributed by atoms with Crippen LogP contribution < -0.4 is 10.6 Å². The second-order valence-electron chi connectivity index (χ2n) is 5.51. The molecule has 0 unspecified atom stereocenters. The fraction of sp³-hybridized carbons (Fsp3) is 0.429. The number of hydrogen-bond donors (Lipinski definition) is 3. The molecule has 2 aromatic heterocycles. The molecule has 0 aliphatic carbocycles. The lowest BCUT2D eigenvalue weighted by Gasteiger charge is -2.07. The van der Waals surface area contributed by atoms with Crippen molar-refractivity contribution >= 4 is 49.4 Å². The Hall–Kier alpha value is -1.68. The lowest BCUT2D eigenvalue weighted by atomic mass is 10.2. The Balaban J connectivity index is 2.22. The normalized spacial score (nSPS) is 10.9. The van der Waals surface area contributed by atoms with Gasteiger partial charge in [0.2, 0.25) is 0 Å². The van der Waals surface area contributed by atoms with E-state index in [9.17, 15) is 9.59 Å². The predicted octanol–water partition coefficient (Wildman–Crippen LogP) is 2.79. The first-order valence-corrected chi connectivity index (χ1v) is 8.98. The molecule has 2 heterocycles. The molecule has 2 aromatic rings. The van der Waals surface area contributed by atoms with Crippen LogP contribution in [-0.2, 0) is 6.54 Å². The highest BCUT2D eigenvalue weighted by atomic mass is 79.9. The van der Waals surface area contributed by atoms with E-state index < -0.39 is 5.91 Å². The van der Waals surface area contributed by atoms with Crippen LogP contribution in [-0.4, -0.2) is 38.3 Å². The predicted molar refractivity (Wildman–Crippen MR) is 97.0 cm³/mol. The number of carbonyl (C=O) groups excluding carboxylic acids is 2. The zero-order valence-corrected chi connectivity index (χ0v) is 16.7. The average molecular weight is 462 g/mol. The molecular formula is C14H18Br2N6O2. The summed E-state index contributed by atoms with van der Waals surface area (Å²) in [4.78, 5) is 24.7. The van der Waals surface area contributed by atoms with Crippen LogP contribution in [0.15, 0.2) is 15.3 Å². The molecule has 0 fully saturated rings. The van der Waals surface area contributed by atoms with E-state index in [0.717, 1.165) is 0 Å². The van der Waals surface area contributed by atoms with Crippen molar-refractivity contribution in [2.24, 2.45) is 5.92 Å². The van der Waals surface area contributed by atoms with Gasteiger partial charge in [0.15, 0.2) is 11.4 Å². The third-order valence-corrected chi connectivity index (χ3v) is 4.98. The lowest BCUT2D eigenvalue weighted by Crippen LogP contribution is -2.28. The van der Waals surface area contributed by atoms with Gasteiger partial charge in [-0.15, -0.1) is 0 Å². The highest BCUT2D eigenvalue weighted by Gasteiger charge is 2.22. The van der Waals surface area contributed by atoms with Gasteiger partial charge in [0.25, 0.3) is 11.8 Å². The molecule has 0 saturated carbocycles. The van der Waals surface area contributed by atoms with Gasteiger partial charge >= 0.3 is 0 Å². The van der Waals surface area contributed by atoms with Gasteiger partial charge in [-0.1, -0.05) is 13.8 Å². The first-order chi connectivity index (χ1) is 11.3. The first-order valence-electron chi connectivity index (χ1n) is 7.39. The van der Waals surface area contributed by atoms with E-state index in [1.54, 1.807) is 10.9 Å². The lowest BCUT2D eigenvalue weighted by molar-refractivity contribution is 0.0944. The molecule has 24 heavy (non-hydrogen) atoms. The maximum Gasteiger partial charge on any atom is 0.277 e. The number of nitrogens with zero attached hydrogens (tertiary/aromatic N) is 3. The fourth-order valence-electron chi connectivity index (χ4n) is 1.86. The van der Waals surface area contributed by atoms with Crippen molar-refractivity contribution in [2.75, 3.05) is 11.9 Å². The molecule has 0 aliphatic rings. The molecule has 3 N–H and O–H groups in total. The van der Waals surface area contributed by atoms with Gasteiger partial charge in [0, 0.05) is 19.3 Å². The monoisotopic (exact) mass is 460 g/mol. The number of aromatic amines is 1. The van der Waals surface area contributed by atoms with Crippen LogP contribution in [0.2, 0.25) is 0 Å². The first kappa shape index (κ1) is 18.7. The summed E-state index contributed by atoms with van der Waals surface area (Å²) in [7, 11) is 0. The fourth-order valence-corrected chi connectivity index (χ4v) is 2.50. The van der Waals surface area contributed by atoms with E-state index in [4.69, 9.17) is 0 Å². The van der Waals surface area contributed by atoms with Crippen molar-refractivity contribution in [3.8, 4) is 0 Å². The third kappa shape index (κ3) is 4.23. The number of rotatable bonds is 6. The van der Waals surface area contributed by atoms with Crippen molar-refractivity contribution in [3.63, 3.8) is 0 Å². The Labute approximate surface area is 156 Å². The van der Waals surface area contributed by atoms with Crippen molar-refractivity contribution in [3.05, 3.63) is 26.7 Å². The van der Waals surface area contributed by atoms with Crippen LogP contribution in [0.1, 0.15) is 41.7 Å². The summed E-state index contributed by atoms with van der Waals surface area (Å²) in [5.41, 5.74) is 0.699. The Bertz CT molecular complexity index is 753. The number of anilines is 1. The molecule has 130 valence electrons.